The zero-order chi connectivity index (χ0) is 3.70. The Labute approximate surface area is 35.5 Å². The van der Waals surface area contributed by atoms with Crippen LogP contribution in [-0.4, -0.2) is 5.40 Å². The molecule has 1 aliphatic rings. The molecule has 0 spiro atoms. The Kier molecular flexibility index (Phi) is 1.03. The van der Waals surface area contributed by atoms with Crippen LogP contribution in [0.1, 0.15) is 0 Å². The SMILES string of the molecule is C=CC1PP1. The molecule has 0 radical (unpaired) electrons. The summed E-state index contributed by atoms with van der Waals surface area (Å²) in [7, 11) is 2.47. The molecule has 0 saturated carbocycles. The van der Waals surface area contributed by atoms with Crippen LogP contribution in [-0.2, 0) is 0 Å². The van der Waals surface area contributed by atoms with E-state index in [1.54, 1.807) is 0 Å². The summed E-state index contributed by atoms with van der Waals surface area (Å²) >= 11 is 0. The fourth-order valence-corrected chi connectivity index (χ4v) is 1.49. The van der Waals surface area contributed by atoms with E-state index < -0.39 is 0 Å². The van der Waals surface area contributed by atoms with Crippen molar-refractivity contribution in [3.05, 3.63) is 12.7 Å². The third kappa shape index (κ3) is 0.992. The van der Waals surface area contributed by atoms with E-state index in [4.69, 9.17) is 0 Å². The lowest BCUT2D eigenvalue weighted by molar-refractivity contribution is 1.74. The molecule has 2 unspecified atom stereocenters. The van der Waals surface area contributed by atoms with Crippen molar-refractivity contribution in [2.45, 2.75) is 5.40 Å². The van der Waals surface area contributed by atoms with Crippen molar-refractivity contribution < 1.29 is 0 Å². The van der Waals surface area contributed by atoms with Crippen molar-refractivity contribution in [2.75, 3.05) is 0 Å². The van der Waals surface area contributed by atoms with Gasteiger partial charge in [0.15, 0.2) is 0 Å². The van der Waals surface area contributed by atoms with Gasteiger partial charge in [-0.1, -0.05) is 22.6 Å². The monoisotopic (exact) mass is 104 g/mol. The van der Waals surface area contributed by atoms with E-state index in [-0.39, 0.29) is 0 Å². The molecule has 5 heavy (non-hydrogen) atoms. The van der Waals surface area contributed by atoms with Gasteiger partial charge in [0.05, 0.1) is 0 Å². The molecule has 28 valence electrons. The highest BCUT2D eigenvalue weighted by atomic mass is 32.1. The first-order valence-corrected chi connectivity index (χ1v) is 4.72. The Balaban J connectivity index is 2.21. The molecule has 1 rings (SSSR count). The predicted octanol–water partition coefficient (Wildman–Crippen LogP) is 1.78. The van der Waals surface area contributed by atoms with Crippen LogP contribution in [0.2, 0.25) is 0 Å². The second-order valence-electron chi connectivity index (χ2n) is 1.00. The first-order chi connectivity index (χ1) is 2.43. The highest BCUT2D eigenvalue weighted by Crippen LogP contribution is 2.68. The topological polar surface area (TPSA) is 0 Å². The maximum absolute atomic E-state index is 3.64. The van der Waals surface area contributed by atoms with Gasteiger partial charge >= 0.3 is 0 Å². The minimum absolute atomic E-state index is 0.954. The van der Waals surface area contributed by atoms with E-state index >= 15 is 0 Å². The normalized spacial score (nSPS) is 42.8. The second kappa shape index (κ2) is 1.37. The number of hydrogen-bond acceptors (Lipinski definition) is 0. The zero-order valence-electron chi connectivity index (χ0n) is 2.86. The van der Waals surface area contributed by atoms with E-state index in [0.29, 0.717) is 0 Å². The summed E-state index contributed by atoms with van der Waals surface area (Å²) in [5.41, 5.74) is 0. The van der Waals surface area contributed by atoms with Crippen molar-refractivity contribution in [3.63, 3.8) is 0 Å². The molecule has 1 saturated heterocycles. The molecule has 1 fully saturated rings. The molecule has 2 heteroatoms. The Morgan fingerprint density at radius 2 is 2.20 bits per heavy atom. The smallest absolute Gasteiger partial charge is 0.0189 e. The minimum Gasteiger partial charge on any atom is -0.102 e. The predicted molar refractivity (Wildman–Crippen MR) is 30.6 cm³/mol. The Hall–Kier alpha value is 0.600. The lowest BCUT2D eigenvalue weighted by atomic mass is 10.8. The molecule has 0 bridgehead atoms. The number of allylic oxidation sites excluding steroid dienone is 1. The van der Waals surface area contributed by atoms with Gasteiger partial charge in [-0.2, -0.15) is 0 Å². The standard InChI is InChI=1S/C3H6P2/c1-2-3-4-5-3/h2-5H,1H2. The first kappa shape index (κ1) is 3.78. The molecule has 1 aliphatic heterocycles. The van der Waals surface area contributed by atoms with Gasteiger partial charge in [0.2, 0.25) is 0 Å². The maximum Gasteiger partial charge on any atom is 0.0189 e. The van der Waals surface area contributed by atoms with Gasteiger partial charge in [0.1, 0.15) is 0 Å². The fourth-order valence-electron chi connectivity index (χ4n) is 0.166. The van der Waals surface area contributed by atoms with Crippen LogP contribution in [0.4, 0.5) is 0 Å². The van der Waals surface area contributed by atoms with Gasteiger partial charge in [0.25, 0.3) is 0 Å². The van der Waals surface area contributed by atoms with Gasteiger partial charge in [-0.05, 0) is 0 Å². The lowest BCUT2D eigenvalue weighted by Gasteiger charge is -1.61. The van der Waals surface area contributed by atoms with Crippen molar-refractivity contribution in [2.24, 2.45) is 0 Å². The molecule has 0 N–H and O–H groups in total. The van der Waals surface area contributed by atoms with Crippen LogP contribution in [0.25, 0.3) is 0 Å². The maximum atomic E-state index is 3.64. The highest BCUT2D eigenvalue weighted by molar-refractivity contribution is 8.29. The van der Waals surface area contributed by atoms with E-state index in [2.05, 4.69) is 12.7 Å². The van der Waals surface area contributed by atoms with E-state index in [1.807, 2.05) is 0 Å². The quantitative estimate of drug-likeness (QED) is 0.351. The van der Waals surface area contributed by atoms with Crippen molar-refractivity contribution >= 4 is 16.5 Å². The van der Waals surface area contributed by atoms with Crippen LogP contribution in [0.3, 0.4) is 0 Å². The van der Waals surface area contributed by atoms with Crippen molar-refractivity contribution in [3.8, 4) is 0 Å². The molecule has 2 atom stereocenters. The van der Waals surface area contributed by atoms with Gasteiger partial charge in [-0.15, -0.1) is 6.58 Å². The Morgan fingerprint density at radius 1 is 1.60 bits per heavy atom. The highest BCUT2D eigenvalue weighted by Gasteiger charge is 2.14. The molecule has 0 aromatic heterocycles. The van der Waals surface area contributed by atoms with Crippen LogP contribution >= 0.6 is 16.5 Å². The van der Waals surface area contributed by atoms with Gasteiger partial charge < -0.3 is 0 Å². The molecular weight excluding hydrogens is 98.0 g/mol. The van der Waals surface area contributed by atoms with E-state index in [0.717, 1.165) is 5.40 Å². The largest absolute Gasteiger partial charge is 0.102 e. The third-order valence-corrected chi connectivity index (χ3v) is 3.51. The second-order valence-corrected chi connectivity index (χ2v) is 5.13. The molecule has 0 aromatic carbocycles. The minimum atomic E-state index is 0.954. The Morgan fingerprint density at radius 3 is 2.20 bits per heavy atom. The molecule has 0 aromatic rings. The average molecular weight is 104 g/mol. The van der Waals surface area contributed by atoms with Gasteiger partial charge in [-0.25, -0.2) is 0 Å². The van der Waals surface area contributed by atoms with Crippen LogP contribution in [0, 0.1) is 0 Å². The third-order valence-electron chi connectivity index (χ3n) is 0.547. The van der Waals surface area contributed by atoms with Crippen LogP contribution in [0.15, 0.2) is 12.7 Å². The first-order valence-electron chi connectivity index (χ1n) is 1.57. The fraction of sp³-hybridized carbons (Fsp3) is 0.333. The molecule has 0 amide bonds. The average Bonchev–Trinajstić information content (AvgIpc) is 2.12. The summed E-state index contributed by atoms with van der Waals surface area (Å²) in [4.78, 5) is 0. The zero-order valence-corrected chi connectivity index (χ0v) is 4.86. The summed E-state index contributed by atoms with van der Waals surface area (Å²) in [5, 5.41) is 0.954. The molecule has 0 nitrogen and oxygen atoms in total. The van der Waals surface area contributed by atoms with Crippen molar-refractivity contribution in [1.82, 2.24) is 0 Å². The lowest BCUT2D eigenvalue weighted by Crippen LogP contribution is -1.52. The van der Waals surface area contributed by atoms with Crippen LogP contribution in [0.5, 0.6) is 0 Å². The molecule has 1 heterocycles. The Bertz CT molecular complexity index is 46.9. The number of rotatable bonds is 1. The number of hydrogen-bond donors (Lipinski definition) is 0. The summed E-state index contributed by atoms with van der Waals surface area (Å²) < 4.78 is 0. The molecular formula is C3H6P2. The van der Waals surface area contributed by atoms with Crippen molar-refractivity contribution in [1.29, 1.82) is 0 Å². The van der Waals surface area contributed by atoms with Gasteiger partial charge in [0, 0.05) is 5.40 Å². The van der Waals surface area contributed by atoms with E-state index in [1.165, 1.54) is 16.5 Å². The summed E-state index contributed by atoms with van der Waals surface area (Å²) in [6, 6.07) is 0. The van der Waals surface area contributed by atoms with Crippen LogP contribution < -0.4 is 0 Å². The van der Waals surface area contributed by atoms with E-state index in [9.17, 15) is 0 Å². The summed E-state index contributed by atoms with van der Waals surface area (Å²) in [6.45, 7) is 3.64. The molecule has 0 aliphatic carbocycles. The summed E-state index contributed by atoms with van der Waals surface area (Å²) in [6.07, 6.45) is 2.05. The summed E-state index contributed by atoms with van der Waals surface area (Å²) in [5.74, 6) is 0. The van der Waals surface area contributed by atoms with Gasteiger partial charge in [-0.3, -0.25) is 0 Å².